The molecule has 154 valence electrons. The minimum Gasteiger partial charge on any atom is -0.361 e. The number of fused-ring (bicyclic) bond motifs is 2. The van der Waals surface area contributed by atoms with E-state index in [2.05, 4.69) is 41.3 Å². The molecule has 0 spiro atoms. The molecule has 4 nitrogen and oxygen atoms in total. The van der Waals surface area contributed by atoms with Crippen molar-refractivity contribution in [1.82, 2.24) is 9.88 Å². The lowest BCUT2D eigenvalue weighted by Gasteiger charge is -2.45. The van der Waals surface area contributed by atoms with E-state index in [1.807, 2.05) is 37.3 Å². The number of nitrogens with one attached hydrogen (secondary N) is 1. The van der Waals surface area contributed by atoms with Crippen molar-refractivity contribution in [3.05, 3.63) is 71.4 Å². The number of aromatic amines is 1. The summed E-state index contributed by atoms with van der Waals surface area (Å²) in [5.41, 5.74) is 5.92. The van der Waals surface area contributed by atoms with E-state index in [4.69, 9.17) is 4.99 Å². The van der Waals surface area contributed by atoms with Gasteiger partial charge < -0.3 is 9.88 Å². The van der Waals surface area contributed by atoms with Crippen molar-refractivity contribution < 1.29 is 4.79 Å². The molecule has 1 N–H and O–H groups in total. The summed E-state index contributed by atoms with van der Waals surface area (Å²) in [6.45, 7) is 3.86. The van der Waals surface area contributed by atoms with E-state index in [9.17, 15) is 4.79 Å². The first-order valence-corrected chi connectivity index (χ1v) is 11.0. The Balaban J connectivity index is 1.30. The number of ketones is 1. The molecule has 2 aliphatic rings. The van der Waals surface area contributed by atoms with E-state index < -0.39 is 0 Å². The van der Waals surface area contributed by atoms with Gasteiger partial charge >= 0.3 is 0 Å². The molecule has 30 heavy (non-hydrogen) atoms. The van der Waals surface area contributed by atoms with Crippen LogP contribution in [0.15, 0.2) is 59.7 Å². The fourth-order valence-electron chi connectivity index (χ4n) is 5.49. The molecule has 5 rings (SSSR count). The number of nitrogens with zero attached hydrogens (tertiary/aromatic N) is 2. The Morgan fingerprint density at radius 3 is 2.83 bits per heavy atom. The van der Waals surface area contributed by atoms with E-state index in [1.54, 1.807) is 0 Å². The van der Waals surface area contributed by atoms with Crippen LogP contribution in [0.3, 0.4) is 0 Å². The predicted octanol–water partition coefficient (Wildman–Crippen LogP) is 4.86. The van der Waals surface area contributed by atoms with Crippen LogP contribution >= 0.6 is 0 Å². The van der Waals surface area contributed by atoms with E-state index in [0.29, 0.717) is 24.3 Å². The molecule has 3 aromatic rings. The number of hydrogen-bond donors (Lipinski definition) is 1. The van der Waals surface area contributed by atoms with Crippen LogP contribution in [0.2, 0.25) is 0 Å². The van der Waals surface area contributed by atoms with Crippen molar-refractivity contribution >= 4 is 22.4 Å². The van der Waals surface area contributed by atoms with Crippen molar-refractivity contribution in [3.8, 4) is 0 Å². The Morgan fingerprint density at radius 2 is 2.00 bits per heavy atom. The van der Waals surface area contributed by atoms with Crippen LogP contribution in [0.25, 0.3) is 10.9 Å². The quantitative estimate of drug-likeness (QED) is 0.492. The van der Waals surface area contributed by atoms with Gasteiger partial charge in [0.1, 0.15) is 0 Å². The summed E-state index contributed by atoms with van der Waals surface area (Å²) in [7, 11) is 2.26. The van der Waals surface area contributed by atoms with Gasteiger partial charge in [-0.15, -0.1) is 0 Å². The highest BCUT2D eigenvalue weighted by Gasteiger charge is 2.39. The third kappa shape index (κ3) is 3.50. The van der Waals surface area contributed by atoms with E-state index in [1.165, 1.54) is 28.5 Å². The molecule has 1 aliphatic carbocycles. The number of benzene rings is 2. The molecule has 1 aromatic heterocycles. The summed E-state index contributed by atoms with van der Waals surface area (Å²) in [6, 6.07) is 16.8. The van der Waals surface area contributed by atoms with Crippen LogP contribution in [-0.4, -0.2) is 47.6 Å². The smallest absolute Gasteiger partial charge is 0.168 e. The number of likely N-dealkylation sites (N-methyl/N-ethyl adjacent to an activating group) is 1. The van der Waals surface area contributed by atoms with Gasteiger partial charge in [-0.2, -0.15) is 0 Å². The van der Waals surface area contributed by atoms with E-state index in [0.717, 1.165) is 30.8 Å². The van der Waals surface area contributed by atoms with Crippen molar-refractivity contribution in [3.63, 3.8) is 0 Å². The maximum Gasteiger partial charge on any atom is 0.168 e. The summed E-state index contributed by atoms with van der Waals surface area (Å²) in [5, 5.41) is 1.45. The minimum absolute atomic E-state index is 0.150. The van der Waals surface area contributed by atoms with Gasteiger partial charge in [-0.25, -0.2) is 0 Å². The molecule has 0 amide bonds. The lowest BCUT2D eigenvalue weighted by Crippen LogP contribution is -2.48. The first kappa shape index (κ1) is 19.3. The Kier molecular flexibility index (Phi) is 5.03. The van der Waals surface area contributed by atoms with Crippen molar-refractivity contribution in [1.29, 1.82) is 0 Å². The molecule has 0 radical (unpaired) electrons. The maximum atomic E-state index is 12.5. The zero-order chi connectivity index (χ0) is 20.7. The summed E-state index contributed by atoms with van der Waals surface area (Å²) >= 11 is 0. The largest absolute Gasteiger partial charge is 0.361 e. The Labute approximate surface area is 178 Å². The number of likely N-dealkylation sites (tertiary alicyclic amines) is 1. The molecule has 4 heteroatoms. The second kappa shape index (κ2) is 7.84. The minimum atomic E-state index is 0.150. The lowest BCUT2D eigenvalue weighted by atomic mass is 9.72. The third-order valence-electron chi connectivity index (χ3n) is 6.94. The van der Waals surface area contributed by atoms with Crippen molar-refractivity contribution in [2.75, 3.05) is 20.1 Å². The molecule has 2 unspecified atom stereocenters. The Hall–Kier alpha value is -2.72. The van der Waals surface area contributed by atoms with Gasteiger partial charge in [0.2, 0.25) is 0 Å². The zero-order valence-corrected chi connectivity index (χ0v) is 17.8. The van der Waals surface area contributed by atoms with Gasteiger partial charge in [0.25, 0.3) is 0 Å². The monoisotopic (exact) mass is 399 g/mol. The molecule has 2 heterocycles. The van der Waals surface area contributed by atoms with Crippen LogP contribution in [0.4, 0.5) is 0 Å². The van der Waals surface area contributed by atoms with Crippen LogP contribution in [0, 0.1) is 5.92 Å². The van der Waals surface area contributed by atoms with E-state index >= 15 is 0 Å². The van der Waals surface area contributed by atoms with Gasteiger partial charge in [-0.05, 0) is 49.9 Å². The first-order valence-electron chi connectivity index (χ1n) is 11.0. The molecule has 0 bridgehead atoms. The zero-order valence-electron chi connectivity index (χ0n) is 17.8. The average molecular weight is 400 g/mol. The lowest BCUT2D eigenvalue weighted by molar-refractivity contribution is 0.1000. The molecule has 1 aliphatic heterocycles. The molecule has 0 saturated carbocycles. The maximum absolute atomic E-state index is 12.5. The SMILES string of the molecule is CC(CC(=O)c1ccccc1)=NCC1CC2c3cccc4[nH]cc(c34)C[C@H]2N(C)C1. The fourth-order valence-corrected chi connectivity index (χ4v) is 5.49. The number of hydrogen-bond acceptors (Lipinski definition) is 3. The van der Waals surface area contributed by atoms with Gasteiger partial charge in [-0.3, -0.25) is 9.79 Å². The Bertz CT molecular complexity index is 1100. The highest BCUT2D eigenvalue weighted by atomic mass is 16.1. The van der Waals surface area contributed by atoms with Crippen LogP contribution in [0.5, 0.6) is 0 Å². The number of aliphatic imine (C=N–C) groups is 1. The van der Waals surface area contributed by atoms with Gasteiger partial charge in [-0.1, -0.05) is 42.5 Å². The second-order valence-electron chi connectivity index (χ2n) is 9.04. The average Bonchev–Trinajstić information content (AvgIpc) is 3.18. The summed E-state index contributed by atoms with van der Waals surface area (Å²) in [4.78, 5) is 23.3. The van der Waals surface area contributed by atoms with Crippen molar-refractivity contribution in [2.45, 2.75) is 38.1 Å². The normalized spacial score (nSPS) is 24.1. The predicted molar refractivity (Wildman–Crippen MR) is 123 cm³/mol. The summed E-state index contributed by atoms with van der Waals surface area (Å²) < 4.78 is 0. The number of carbonyl (C=O) groups is 1. The van der Waals surface area contributed by atoms with E-state index in [-0.39, 0.29) is 5.78 Å². The number of Topliss-reactive ketones (excluding diaryl/α,β-unsaturated/α-hetero) is 1. The third-order valence-corrected chi connectivity index (χ3v) is 6.94. The van der Waals surface area contributed by atoms with Gasteiger partial charge in [0.05, 0.1) is 0 Å². The van der Waals surface area contributed by atoms with Gasteiger partial charge in [0, 0.05) is 59.8 Å². The van der Waals surface area contributed by atoms with Crippen LogP contribution in [0.1, 0.15) is 47.2 Å². The highest BCUT2D eigenvalue weighted by Crippen LogP contribution is 2.44. The topological polar surface area (TPSA) is 48.5 Å². The fraction of sp³-hybridized carbons (Fsp3) is 0.385. The number of piperidine rings is 1. The second-order valence-corrected chi connectivity index (χ2v) is 9.04. The molecule has 1 saturated heterocycles. The van der Waals surface area contributed by atoms with Crippen LogP contribution < -0.4 is 0 Å². The molecule has 2 aromatic carbocycles. The highest BCUT2D eigenvalue weighted by molar-refractivity contribution is 6.08. The molecule has 1 fully saturated rings. The van der Waals surface area contributed by atoms with Crippen molar-refractivity contribution in [2.24, 2.45) is 10.9 Å². The first-order chi connectivity index (χ1) is 14.6. The molecular formula is C26H29N3O. The number of carbonyl (C=O) groups excluding carboxylic acids is 1. The number of H-pyrrole nitrogens is 1. The Morgan fingerprint density at radius 1 is 1.17 bits per heavy atom. The molecule has 3 atom stereocenters. The number of aromatic nitrogens is 1. The molecular weight excluding hydrogens is 370 g/mol. The standard InChI is InChI=1S/C26H29N3O/c1-17(11-25(30)19-7-4-3-5-8-19)27-14-18-12-22-21-9-6-10-23-26(21)20(15-28-23)13-24(22)29(2)16-18/h3-10,15,18,22,24,28H,11-14,16H2,1-2H3/t18?,22?,24-/m1/s1. The van der Waals surface area contributed by atoms with Crippen LogP contribution in [-0.2, 0) is 6.42 Å². The number of rotatable bonds is 5. The summed E-state index contributed by atoms with van der Waals surface area (Å²) in [5.74, 6) is 1.23. The van der Waals surface area contributed by atoms with Gasteiger partial charge in [0.15, 0.2) is 5.78 Å². The summed E-state index contributed by atoms with van der Waals surface area (Å²) in [6.07, 6.45) is 4.90.